The molecule has 0 rings (SSSR count). The lowest BCUT2D eigenvalue weighted by atomic mass is 10.0. The van der Waals surface area contributed by atoms with Gasteiger partial charge in [0.05, 0.1) is 33.0 Å². The second-order valence-electron chi connectivity index (χ2n) is 4.84. The largest absolute Gasteiger partial charge is 0.468 e. The van der Waals surface area contributed by atoms with Crippen molar-refractivity contribution < 1.29 is 24.1 Å². The number of carbonyl (C=O) groups excluding carboxylic acids is 1. The Balaban J connectivity index is 3.92. The molecule has 2 atom stereocenters. The lowest BCUT2D eigenvalue weighted by Crippen LogP contribution is -2.43. The van der Waals surface area contributed by atoms with Crippen molar-refractivity contribution in [2.24, 2.45) is 5.92 Å². The number of carbonyl (C=O) groups is 1. The smallest absolute Gasteiger partial charge is 0.322 e. The summed E-state index contributed by atoms with van der Waals surface area (Å²) in [4.78, 5) is 11.5. The summed E-state index contributed by atoms with van der Waals surface area (Å²) in [5, 5.41) is 12.7. The highest BCUT2D eigenvalue weighted by molar-refractivity contribution is 5.75. The molecule has 6 heteroatoms. The van der Waals surface area contributed by atoms with E-state index < -0.39 is 12.1 Å². The Labute approximate surface area is 115 Å². The van der Waals surface area contributed by atoms with Gasteiger partial charge >= 0.3 is 5.97 Å². The summed E-state index contributed by atoms with van der Waals surface area (Å²) in [6.07, 6.45) is 0.0142. The standard InChI is InChI=1S/C13H27NO5/c1-10(2)7-12(13(16)18-4)14-8-11(15)9-19-6-5-17-3/h10-12,14-15H,5-9H2,1-4H3. The quantitative estimate of drug-likeness (QED) is 0.415. The SMILES string of the molecule is COCCOCC(O)CNC(CC(C)C)C(=O)OC. The third-order valence-corrected chi connectivity index (χ3v) is 2.53. The number of methoxy groups -OCH3 is 2. The van der Waals surface area contributed by atoms with E-state index in [4.69, 9.17) is 14.2 Å². The van der Waals surface area contributed by atoms with Gasteiger partial charge < -0.3 is 24.6 Å². The first-order chi connectivity index (χ1) is 9.01. The Morgan fingerprint density at radius 3 is 2.47 bits per heavy atom. The number of esters is 1. The van der Waals surface area contributed by atoms with Crippen LogP contribution in [-0.4, -0.2) is 63.8 Å². The molecule has 0 saturated carbocycles. The Morgan fingerprint density at radius 2 is 1.95 bits per heavy atom. The van der Waals surface area contributed by atoms with E-state index >= 15 is 0 Å². The second kappa shape index (κ2) is 11.2. The van der Waals surface area contributed by atoms with Crippen molar-refractivity contribution in [3.63, 3.8) is 0 Å². The molecule has 0 fully saturated rings. The number of rotatable bonds is 11. The molecule has 114 valence electrons. The third kappa shape index (κ3) is 9.84. The molecule has 0 aliphatic rings. The first-order valence-corrected chi connectivity index (χ1v) is 6.57. The van der Waals surface area contributed by atoms with Gasteiger partial charge in [0.2, 0.25) is 0 Å². The van der Waals surface area contributed by atoms with E-state index in [0.717, 1.165) is 0 Å². The van der Waals surface area contributed by atoms with Gasteiger partial charge in [-0.3, -0.25) is 4.79 Å². The van der Waals surface area contributed by atoms with Crippen molar-refractivity contribution in [1.82, 2.24) is 5.32 Å². The fourth-order valence-electron chi connectivity index (χ4n) is 1.58. The van der Waals surface area contributed by atoms with Crippen molar-refractivity contribution >= 4 is 5.97 Å². The van der Waals surface area contributed by atoms with Crippen molar-refractivity contribution in [1.29, 1.82) is 0 Å². The van der Waals surface area contributed by atoms with Gasteiger partial charge in [-0.2, -0.15) is 0 Å². The molecule has 0 bridgehead atoms. The molecule has 0 heterocycles. The first kappa shape index (κ1) is 18.3. The minimum absolute atomic E-state index is 0.214. The Hall–Kier alpha value is -0.690. The van der Waals surface area contributed by atoms with Crippen LogP contribution in [0, 0.1) is 5.92 Å². The maximum Gasteiger partial charge on any atom is 0.322 e. The molecule has 0 saturated heterocycles. The van der Waals surface area contributed by atoms with Gasteiger partial charge in [-0.15, -0.1) is 0 Å². The van der Waals surface area contributed by atoms with Crippen LogP contribution in [0.3, 0.4) is 0 Å². The summed E-state index contributed by atoms with van der Waals surface area (Å²) in [7, 11) is 2.95. The number of aliphatic hydroxyl groups excluding tert-OH is 1. The van der Waals surface area contributed by atoms with Gasteiger partial charge in [-0.05, 0) is 12.3 Å². The monoisotopic (exact) mass is 277 g/mol. The van der Waals surface area contributed by atoms with Gasteiger partial charge in [-0.25, -0.2) is 0 Å². The zero-order chi connectivity index (χ0) is 14.7. The van der Waals surface area contributed by atoms with E-state index in [1.54, 1.807) is 7.11 Å². The normalized spacial score (nSPS) is 14.4. The summed E-state index contributed by atoms with van der Waals surface area (Å²) in [6.45, 7) is 5.51. The maximum absolute atomic E-state index is 11.5. The van der Waals surface area contributed by atoms with E-state index in [9.17, 15) is 9.90 Å². The molecule has 2 N–H and O–H groups in total. The van der Waals surface area contributed by atoms with Crippen LogP contribution < -0.4 is 5.32 Å². The van der Waals surface area contributed by atoms with Crippen molar-refractivity contribution in [2.75, 3.05) is 40.6 Å². The predicted octanol–water partition coefficient (Wildman–Crippen LogP) is 0.188. The first-order valence-electron chi connectivity index (χ1n) is 6.57. The third-order valence-electron chi connectivity index (χ3n) is 2.53. The molecule has 0 amide bonds. The number of nitrogens with one attached hydrogen (secondary N) is 1. The van der Waals surface area contributed by atoms with Crippen LogP contribution in [0.2, 0.25) is 0 Å². The zero-order valence-corrected chi connectivity index (χ0v) is 12.3. The minimum atomic E-state index is -0.656. The summed E-state index contributed by atoms with van der Waals surface area (Å²) >= 11 is 0. The van der Waals surface area contributed by atoms with E-state index in [1.165, 1.54) is 7.11 Å². The molecular formula is C13H27NO5. The maximum atomic E-state index is 11.5. The van der Waals surface area contributed by atoms with Gasteiger partial charge in [0.15, 0.2) is 0 Å². The summed E-state index contributed by atoms with van der Waals surface area (Å²) < 4.78 is 14.8. The van der Waals surface area contributed by atoms with Crippen molar-refractivity contribution in [2.45, 2.75) is 32.4 Å². The van der Waals surface area contributed by atoms with Crippen LogP contribution in [0.25, 0.3) is 0 Å². The zero-order valence-electron chi connectivity index (χ0n) is 12.3. The molecule has 0 aromatic carbocycles. The van der Waals surface area contributed by atoms with Crippen molar-refractivity contribution in [3.05, 3.63) is 0 Å². The molecule has 0 spiro atoms. The average Bonchev–Trinajstić information content (AvgIpc) is 2.38. The summed E-state index contributed by atoms with van der Waals surface area (Å²) in [6, 6.07) is -0.390. The minimum Gasteiger partial charge on any atom is -0.468 e. The van der Waals surface area contributed by atoms with Gasteiger partial charge in [0.1, 0.15) is 6.04 Å². The van der Waals surface area contributed by atoms with E-state index in [2.05, 4.69) is 5.32 Å². The topological polar surface area (TPSA) is 77.0 Å². The van der Waals surface area contributed by atoms with Crippen LogP contribution in [-0.2, 0) is 19.0 Å². The molecule has 0 aromatic rings. The molecular weight excluding hydrogens is 250 g/mol. The van der Waals surface area contributed by atoms with E-state index in [-0.39, 0.29) is 12.6 Å². The molecule has 0 aliphatic heterocycles. The molecule has 0 aliphatic carbocycles. The van der Waals surface area contributed by atoms with Gasteiger partial charge in [-0.1, -0.05) is 13.8 Å². The Kier molecular flexibility index (Phi) is 10.8. The van der Waals surface area contributed by atoms with Crippen LogP contribution in [0.5, 0.6) is 0 Å². The Bertz CT molecular complexity index is 235. The number of aliphatic hydroxyl groups is 1. The number of hydrogen-bond acceptors (Lipinski definition) is 6. The fraction of sp³-hybridized carbons (Fsp3) is 0.923. The van der Waals surface area contributed by atoms with Gasteiger partial charge in [0, 0.05) is 13.7 Å². The van der Waals surface area contributed by atoms with Gasteiger partial charge in [0.25, 0.3) is 0 Å². The molecule has 0 radical (unpaired) electrons. The summed E-state index contributed by atoms with van der Waals surface area (Å²) in [5.41, 5.74) is 0. The molecule has 0 aromatic heterocycles. The lowest BCUT2D eigenvalue weighted by Gasteiger charge is -2.20. The highest BCUT2D eigenvalue weighted by Crippen LogP contribution is 2.06. The number of ether oxygens (including phenoxy) is 3. The Morgan fingerprint density at radius 1 is 1.26 bits per heavy atom. The van der Waals surface area contributed by atoms with Crippen LogP contribution in [0.1, 0.15) is 20.3 Å². The average molecular weight is 277 g/mol. The van der Waals surface area contributed by atoms with E-state index in [0.29, 0.717) is 32.1 Å². The second-order valence-corrected chi connectivity index (χ2v) is 4.84. The van der Waals surface area contributed by atoms with Crippen molar-refractivity contribution in [3.8, 4) is 0 Å². The predicted molar refractivity (Wildman–Crippen MR) is 72.0 cm³/mol. The molecule has 2 unspecified atom stereocenters. The summed E-state index contributed by atoms with van der Waals surface area (Å²) in [5.74, 6) is 0.0629. The number of hydrogen-bond donors (Lipinski definition) is 2. The highest BCUT2D eigenvalue weighted by atomic mass is 16.5. The molecule has 6 nitrogen and oxygen atoms in total. The lowest BCUT2D eigenvalue weighted by molar-refractivity contribution is -0.143. The van der Waals surface area contributed by atoms with Crippen LogP contribution in [0.4, 0.5) is 0 Å². The fourth-order valence-corrected chi connectivity index (χ4v) is 1.58. The van der Waals surface area contributed by atoms with Crippen LogP contribution in [0.15, 0.2) is 0 Å². The van der Waals surface area contributed by atoms with Crippen LogP contribution >= 0.6 is 0 Å². The molecule has 19 heavy (non-hydrogen) atoms. The van der Waals surface area contributed by atoms with E-state index in [1.807, 2.05) is 13.8 Å². The highest BCUT2D eigenvalue weighted by Gasteiger charge is 2.20.